The van der Waals surface area contributed by atoms with Crippen LogP contribution in [-0.4, -0.2) is 65.5 Å². The van der Waals surface area contributed by atoms with Crippen LogP contribution in [-0.2, 0) is 25.7 Å². The molecule has 1 saturated heterocycles. The van der Waals surface area contributed by atoms with E-state index in [9.17, 15) is 18.0 Å². The van der Waals surface area contributed by atoms with E-state index in [0.29, 0.717) is 48.6 Å². The van der Waals surface area contributed by atoms with E-state index in [2.05, 4.69) is 35.4 Å². The van der Waals surface area contributed by atoms with E-state index < -0.39 is 12.1 Å². The molecule has 1 aliphatic heterocycles. The smallest absolute Gasteiger partial charge is 0.403 e. The van der Waals surface area contributed by atoms with Crippen molar-refractivity contribution in [2.75, 3.05) is 48.8 Å². The molecule has 45 heavy (non-hydrogen) atoms. The van der Waals surface area contributed by atoms with Crippen molar-refractivity contribution < 1.29 is 27.2 Å². The summed E-state index contributed by atoms with van der Waals surface area (Å²) in [4.78, 5) is 26.5. The lowest BCUT2D eigenvalue weighted by Gasteiger charge is -2.34. The van der Waals surface area contributed by atoms with E-state index in [1.165, 1.54) is 12.1 Å². The molecule has 236 valence electrons. The van der Waals surface area contributed by atoms with Crippen LogP contribution in [0.4, 0.5) is 36.2 Å². The molecule has 1 fully saturated rings. The van der Waals surface area contributed by atoms with Gasteiger partial charge in [0.05, 0.1) is 5.69 Å². The number of carbonyl (C=O) groups is 1. The number of para-hydroxylation sites is 1. The molecule has 3 heterocycles. The van der Waals surface area contributed by atoms with Crippen molar-refractivity contribution >= 4 is 28.9 Å². The van der Waals surface area contributed by atoms with Gasteiger partial charge in [-0.2, -0.15) is 0 Å². The quantitative estimate of drug-likeness (QED) is 0.245. The molecule has 2 aromatic carbocycles. The van der Waals surface area contributed by atoms with Crippen molar-refractivity contribution in [1.82, 2.24) is 20.0 Å². The summed E-state index contributed by atoms with van der Waals surface area (Å²) in [7, 11) is 2.01. The first-order valence-corrected chi connectivity index (χ1v) is 15.0. The maximum absolute atomic E-state index is 13.4. The zero-order valence-electron chi connectivity index (χ0n) is 25.3. The highest BCUT2D eigenvalue weighted by Crippen LogP contribution is 2.38. The third-order valence-corrected chi connectivity index (χ3v) is 8.27. The average molecular weight is 622 g/mol. The van der Waals surface area contributed by atoms with Gasteiger partial charge in [-0.15, -0.1) is 13.2 Å². The molecular weight excluding hydrogens is 587 g/mol. The molecule has 6 rings (SSSR count). The highest BCUT2D eigenvalue weighted by molar-refractivity contribution is 6.05. The number of carbonyl (C=O) groups excluding carboxylic acids is 1. The Hall–Kier alpha value is -4.65. The molecule has 0 saturated carbocycles. The van der Waals surface area contributed by atoms with E-state index in [1.54, 1.807) is 12.3 Å². The summed E-state index contributed by atoms with van der Waals surface area (Å²) >= 11 is 0. The molecule has 4 aromatic rings. The fourth-order valence-corrected chi connectivity index (χ4v) is 5.79. The lowest BCUT2D eigenvalue weighted by Crippen LogP contribution is -2.44. The zero-order valence-corrected chi connectivity index (χ0v) is 25.3. The molecular formula is C32H34F3N7O3. The van der Waals surface area contributed by atoms with Crippen LogP contribution in [0.3, 0.4) is 0 Å². The van der Waals surface area contributed by atoms with Gasteiger partial charge in [-0.25, -0.2) is 9.97 Å². The predicted molar refractivity (Wildman–Crippen MR) is 164 cm³/mol. The van der Waals surface area contributed by atoms with Gasteiger partial charge in [0.1, 0.15) is 5.69 Å². The Kier molecular flexibility index (Phi) is 8.36. The van der Waals surface area contributed by atoms with Crippen LogP contribution in [0.1, 0.15) is 46.6 Å². The van der Waals surface area contributed by atoms with Gasteiger partial charge in [-0.05, 0) is 56.0 Å². The maximum atomic E-state index is 13.4. The Bertz CT molecular complexity index is 1690. The number of anilines is 4. The van der Waals surface area contributed by atoms with E-state index in [4.69, 9.17) is 4.52 Å². The first kappa shape index (κ1) is 30.4. The van der Waals surface area contributed by atoms with Crippen LogP contribution in [0, 0.1) is 0 Å². The molecule has 0 unspecified atom stereocenters. The number of rotatable bonds is 8. The van der Waals surface area contributed by atoms with Crippen LogP contribution in [0.25, 0.3) is 11.5 Å². The molecule has 1 aliphatic carbocycles. The van der Waals surface area contributed by atoms with Crippen molar-refractivity contribution in [3.63, 3.8) is 0 Å². The number of likely N-dealkylation sites (N-methyl/N-ethyl adjacent to an activating group) is 1. The van der Waals surface area contributed by atoms with Crippen LogP contribution in [0.15, 0.2) is 47.1 Å². The van der Waals surface area contributed by atoms with Gasteiger partial charge in [0, 0.05) is 60.9 Å². The van der Waals surface area contributed by atoms with Crippen LogP contribution >= 0.6 is 0 Å². The van der Waals surface area contributed by atoms with Crippen molar-refractivity contribution in [1.29, 1.82) is 0 Å². The second kappa shape index (κ2) is 12.4. The summed E-state index contributed by atoms with van der Waals surface area (Å²) in [5.41, 5.74) is 5.52. The minimum absolute atomic E-state index is 0.0489. The number of nitrogens with one attached hydrogen (secondary N) is 2. The number of ether oxygens (including phenoxy) is 1. The molecule has 2 aromatic heterocycles. The summed E-state index contributed by atoms with van der Waals surface area (Å²) in [5, 5.41) is 10.0. The van der Waals surface area contributed by atoms with Gasteiger partial charge in [0.2, 0.25) is 5.95 Å². The van der Waals surface area contributed by atoms with Gasteiger partial charge in [-0.1, -0.05) is 37.2 Å². The minimum Gasteiger partial charge on any atom is -0.403 e. The number of benzene rings is 2. The van der Waals surface area contributed by atoms with Gasteiger partial charge >= 0.3 is 6.36 Å². The molecule has 1 amide bonds. The Morgan fingerprint density at radius 2 is 1.78 bits per heavy atom. The Morgan fingerprint density at radius 1 is 1.04 bits per heavy atom. The minimum atomic E-state index is -4.89. The van der Waals surface area contributed by atoms with Crippen LogP contribution in [0.2, 0.25) is 0 Å². The SMILES string of the molecule is CCc1cccc(CC)c1NC(=O)c1noc2c1CCc1cnc(Nc3ccc(N4CCN(C)CC4)cc3OC(F)(F)F)nc1-2. The van der Waals surface area contributed by atoms with Crippen LogP contribution in [0.5, 0.6) is 5.75 Å². The lowest BCUT2D eigenvalue weighted by atomic mass is 9.93. The number of hydrogen-bond donors (Lipinski definition) is 2. The Morgan fingerprint density at radius 3 is 2.47 bits per heavy atom. The average Bonchev–Trinajstić information content (AvgIpc) is 3.47. The summed E-state index contributed by atoms with van der Waals surface area (Å²) in [6.45, 7) is 7.05. The van der Waals surface area contributed by atoms with Gasteiger partial charge in [-0.3, -0.25) is 4.79 Å². The molecule has 0 spiro atoms. The highest BCUT2D eigenvalue weighted by Gasteiger charge is 2.33. The monoisotopic (exact) mass is 621 g/mol. The summed E-state index contributed by atoms with van der Waals surface area (Å²) in [5.74, 6) is -0.379. The van der Waals surface area contributed by atoms with Gasteiger partial charge in [0.15, 0.2) is 17.2 Å². The van der Waals surface area contributed by atoms with E-state index in [0.717, 1.165) is 48.3 Å². The number of fused-ring (bicyclic) bond motifs is 3. The first-order valence-electron chi connectivity index (χ1n) is 15.0. The molecule has 10 nitrogen and oxygen atoms in total. The molecule has 2 aliphatic rings. The number of piperazine rings is 1. The third-order valence-electron chi connectivity index (χ3n) is 8.27. The van der Waals surface area contributed by atoms with E-state index in [-0.39, 0.29) is 23.2 Å². The predicted octanol–water partition coefficient (Wildman–Crippen LogP) is 6.00. The highest BCUT2D eigenvalue weighted by atomic mass is 19.4. The summed E-state index contributed by atoms with van der Waals surface area (Å²) < 4.78 is 50.3. The molecule has 0 atom stereocenters. The zero-order chi connectivity index (χ0) is 31.7. The van der Waals surface area contributed by atoms with Crippen molar-refractivity contribution in [2.24, 2.45) is 0 Å². The first-order chi connectivity index (χ1) is 21.6. The molecule has 13 heteroatoms. The second-order valence-corrected chi connectivity index (χ2v) is 11.2. The fourth-order valence-electron chi connectivity index (χ4n) is 5.79. The number of hydrogen-bond acceptors (Lipinski definition) is 9. The maximum Gasteiger partial charge on any atom is 0.573 e. The molecule has 0 radical (unpaired) electrons. The van der Waals surface area contributed by atoms with Gasteiger partial charge in [0.25, 0.3) is 5.91 Å². The topological polar surface area (TPSA) is 109 Å². The molecule has 0 bridgehead atoms. The van der Waals surface area contributed by atoms with Crippen molar-refractivity contribution in [3.8, 4) is 17.2 Å². The Balaban J connectivity index is 1.27. The molecule has 2 N–H and O–H groups in total. The van der Waals surface area contributed by atoms with Gasteiger partial charge < -0.3 is 29.7 Å². The van der Waals surface area contributed by atoms with Crippen LogP contribution < -0.4 is 20.3 Å². The van der Waals surface area contributed by atoms with E-state index in [1.807, 2.05) is 44.0 Å². The number of amides is 1. The van der Waals surface area contributed by atoms with E-state index >= 15 is 0 Å². The number of nitrogens with zero attached hydrogens (tertiary/aromatic N) is 5. The lowest BCUT2D eigenvalue weighted by molar-refractivity contribution is -0.274. The Labute approximate surface area is 258 Å². The fraction of sp³-hybridized carbons (Fsp3) is 0.375. The summed E-state index contributed by atoms with van der Waals surface area (Å²) in [6.07, 6.45) is -0.738. The normalized spacial score (nSPS) is 14.9. The number of alkyl halides is 3. The summed E-state index contributed by atoms with van der Waals surface area (Å²) in [6, 6.07) is 10.6. The van der Waals surface area contributed by atoms with Crippen molar-refractivity contribution in [3.05, 3.63) is 70.5 Å². The number of aromatic nitrogens is 3. The second-order valence-electron chi connectivity index (χ2n) is 11.2. The third kappa shape index (κ3) is 6.44. The standard InChI is InChI=1S/C32H34F3N7O3/c1-4-19-7-6-8-20(5-2)26(19)38-30(43)28-23-11-9-21-18-36-31(39-27(21)29(23)45-40-28)37-24-12-10-22(17-25(24)44-32(33,34)35)42-15-13-41(3)14-16-42/h6-8,10,12,17-18H,4-5,9,11,13-16H2,1-3H3,(H,38,43)(H,36,37,39). The number of aryl methyl sites for hydroxylation is 3. The van der Waals surface area contributed by atoms with Crippen molar-refractivity contribution in [2.45, 2.75) is 45.9 Å². The largest absolute Gasteiger partial charge is 0.573 e. The number of halogens is 3.